The predicted octanol–water partition coefficient (Wildman–Crippen LogP) is 2.29. The van der Waals surface area contributed by atoms with Crippen molar-refractivity contribution >= 4 is 39.9 Å². The predicted molar refractivity (Wildman–Crippen MR) is 91.3 cm³/mol. The van der Waals surface area contributed by atoms with Crippen molar-refractivity contribution in [2.24, 2.45) is 0 Å². The molecule has 1 amide bonds. The Balaban J connectivity index is 2.04. The molecule has 0 saturated carbocycles. The van der Waals surface area contributed by atoms with Crippen LogP contribution < -0.4 is 5.32 Å². The molecule has 0 saturated heterocycles. The number of nitrogens with zero attached hydrogens (tertiary/aromatic N) is 1. The molecule has 0 aliphatic rings. The number of aromatic amines is 1. The topological polar surface area (TPSA) is 118 Å². The summed E-state index contributed by atoms with van der Waals surface area (Å²) in [5, 5.41) is 4.15. The van der Waals surface area contributed by atoms with Crippen molar-refractivity contribution in [1.29, 1.82) is 0 Å². The zero-order valence-corrected chi connectivity index (χ0v) is 15.0. The number of carbonyl (C=O) groups is 4. The fraction of sp³-hybridized carbons (Fsp3) is 0.312. The number of Topliss-reactive ketones (excluding diaryl/α,β-unsaturated/α-hetero) is 2. The number of esters is 1. The molecule has 2 heterocycles. The molecule has 2 aromatic heterocycles. The third-order valence-electron chi connectivity index (χ3n) is 3.40. The number of rotatable bonds is 6. The summed E-state index contributed by atoms with van der Waals surface area (Å²) in [5.74, 6) is -1.66. The molecule has 0 fully saturated rings. The largest absolute Gasteiger partial charge is 0.452 e. The number of aromatic nitrogens is 2. The van der Waals surface area contributed by atoms with Crippen molar-refractivity contribution in [1.82, 2.24) is 9.97 Å². The van der Waals surface area contributed by atoms with Crippen LogP contribution >= 0.6 is 11.3 Å². The molecule has 2 rings (SSSR count). The van der Waals surface area contributed by atoms with E-state index in [4.69, 9.17) is 4.74 Å². The number of aryl methyl sites for hydroxylation is 1. The van der Waals surface area contributed by atoms with Gasteiger partial charge in [-0.05, 0) is 26.3 Å². The molecule has 8 nitrogen and oxygen atoms in total. The molecular formula is C16H17N3O5S. The number of thiazole rings is 1. The van der Waals surface area contributed by atoms with Crippen molar-refractivity contribution in [2.75, 3.05) is 11.9 Å². The number of carbonyl (C=O) groups excluding carboxylic acids is 4. The van der Waals surface area contributed by atoms with Crippen LogP contribution in [0.15, 0.2) is 5.38 Å². The Hall–Kier alpha value is -2.81. The van der Waals surface area contributed by atoms with Gasteiger partial charge in [0.25, 0.3) is 0 Å². The molecule has 9 heteroatoms. The van der Waals surface area contributed by atoms with Gasteiger partial charge in [0.1, 0.15) is 0 Å². The first-order valence-electron chi connectivity index (χ1n) is 7.34. The number of hydrogen-bond acceptors (Lipinski definition) is 7. The van der Waals surface area contributed by atoms with Gasteiger partial charge in [0, 0.05) is 23.6 Å². The van der Waals surface area contributed by atoms with E-state index < -0.39 is 18.4 Å². The van der Waals surface area contributed by atoms with Crippen LogP contribution in [-0.4, -0.2) is 40.0 Å². The second kappa shape index (κ2) is 7.39. The Morgan fingerprint density at radius 3 is 2.48 bits per heavy atom. The average molecular weight is 363 g/mol. The van der Waals surface area contributed by atoms with E-state index in [1.807, 2.05) is 0 Å². The summed E-state index contributed by atoms with van der Waals surface area (Å²) in [6.07, 6.45) is 0. The molecule has 2 aromatic rings. The van der Waals surface area contributed by atoms with Crippen LogP contribution in [0.5, 0.6) is 0 Å². The van der Waals surface area contributed by atoms with Gasteiger partial charge in [-0.2, -0.15) is 0 Å². The zero-order valence-electron chi connectivity index (χ0n) is 14.2. The quantitative estimate of drug-likeness (QED) is 0.600. The Kier molecular flexibility index (Phi) is 5.48. The lowest BCUT2D eigenvalue weighted by Crippen LogP contribution is -2.16. The zero-order chi connectivity index (χ0) is 18.7. The van der Waals surface area contributed by atoms with E-state index in [2.05, 4.69) is 15.3 Å². The minimum absolute atomic E-state index is 0.00497. The first-order chi connectivity index (χ1) is 11.7. The van der Waals surface area contributed by atoms with Crippen molar-refractivity contribution in [3.05, 3.63) is 33.6 Å². The van der Waals surface area contributed by atoms with E-state index >= 15 is 0 Å². The SMILES string of the molecule is CC(=O)Nc1nc(C(=O)OCC(=O)c2[nH]c(C)c(C(C)=O)c2C)cs1. The van der Waals surface area contributed by atoms with Crippen LogP contribution in [0, 0.1) is 13.8 Å². The van der Waals surface area contributed by atoms with Crippen molar-refractivity contribution < 1.29 is 23.9 Å². The maximum absolute atomic E-state index is 12.2. The molecule has 0 aliphatic carbocycles. The molecule has 0 bridgehead atoms. The van der Waals surface area contributed by atoms with Crippen LogP contribution in [0.25, 0.3) is 0 Å². The van der Waals surface area contributed by atoms with E-state index in [1.165, 1.54) is 19.2 Å². The molecule has 132 valence electrons. The molecular weight excluding hydrogens is 346 g/mol. The molecule has 0 aliphatic heterocycles. The van der Waals surface area contributed by atoms with Crippen LogP contribution in [0.1, 0.15) is 56.4 Å². The van der Waals surface area contributed by atoms with Crippen LogP contribution in [0.3, 0.4) is 0 Å². The van der Waals surface area contributed by atoms with Gasteiger partial charge in [0.15, 0.2) is 23.2 Å². The van der Waals surface area contributed by atoms with Crippen molar-refractivity contribution in [3.63, 3.8) is 0 Å². The van der Waals surface area contributed by atoms with Gasteiger partial charge in [-0.3, -0.25) is 14.4 Å². The summed E-state index contributed by atoms with van der Waals surface area (Å²) >= 11 is 1.08. The summed E-state index contributed by atoms with van der Waals surface area (Å²) in [5.41, 5.74) is 1.85. The Morgan fingerprint density at radius 2 is 1.92 bits per heavy atom. The minimum Gasteiger partial charge on any atom is -0.452 e. The normalized spacial score (nSPS) is 10.4. The lowest BCUT2D eigenvalue weighted by Gasteiger charge is -2.02. The molecule has 0 spiro atoms. The average Bonchev–Trinajstić information content (AvgIpc) is 3.08. The van der Waals surface area contributed by atoms with E-state index in [9.17, 15) is 19.2 Å². The maximum Gasteiger partial charge on any atom is 0.358 e. The number of hydrogen-bond donors (Lipinski definition) is 2. The van der Waals surface area contributed by atoms with Crippen molar-refractivity contribution in [3.8, 4) is 0 Å². The van der Waals surface area contributed by atoms with Crippen LogP contribution in [-0.2, 0) is 9.53 Å². The molecule has 0 atom stereocenters. The molecule has 0 radical (unpaired) electrons. The monoisotopic (exact) mass is 363 g/mol. The summed E-state index contributed by atoms with van der Waals surface area (Å²) in [6.45, 7) is 5.63. The van der Waals surface area contributed by atoms with E-state index in [-0.39, 0.29) is 28.2 Å². The van der Waals surface area contributed by atoms with Gasteiger partial charge in [0.2, 0.25) is 11.7 Å². The second-order valence-corrected chi connectivity index (χ2v) is 6.26. The first kappa shape index (κ1) is 18.5. The Morgan fingerprint density at radius 1 is 1.24 bits per heavy atom. The third-order valence-corrected chi connectivity index (χ3v) is 4.16. The van der Waals surface area contributed by atoms with Gasteiger partial charge in [-0.1, -0.05) is 0 Å². The van der Waals surface area contributed by atoms with E-state index in [1.54, 1.807) is 13.8 Å². The number of H-pyrrole nitrogens is 1. The summed E-state index contributed by atoms with van der Waals surface area (Å²) < 4.78 is 4.97. The van der Waals surface area contributed by atoms with Crippen LogP contribution in [0.4, 0.5) is 5.13 Å². The van der Waals surface area contributed by atoms with Gasteiger partial charge in [0.05, 0.1) is 5.69 Å². The minimum atomic E-state index is -0.770. The number of ether oxygens (including phenoxy) is 1. The summed E-state index contributed by atoms with van der Waals surface area (Å²) in [4.78, 5) is 53.5. The number of anilines is 1. The fourth-order valence-electron chi connectivity index (χ4n) is 2.41. The smallest absolute Gasteiger partial charge is 0.358 e. The van der Waals surface area contributed by atoms with E-state index in [0.29, 0.717) is 16.8 Å². The van der Waals surface area contributed by atoms with Gasteiger partial charge in [-0.25, -0.2) is 9.78 Å². The highest BCUT2D eigenvalue weighted by Gasteiger charge is 2.21. The summed E-state index contributed by atoms with van der Waals surface area (Å²) in [7, 11) is 0. The summed E-state index contributed by atoms with van der Waals surface area (Å²) in [6, 6.07) is 0. The highest BCUT2D eigenvalue weighted by Crippen LogP contribution is 2.19. The molecule has 0 aromatic carbocycles. The van der Waals surface area contributed by atoms with Crippen LogP contribution in [0.2, 0.25) is 0 Å². The fourth-order valence-corrected chi connectivity index (χ4v) is 3.14. The maximum atomic E-state index is 12.2. The number of ketones is 2. The third kappa shape index (κ3) is 4.18. The van der Waals surface area contributed by atoms with Crippen molar-refractivity contribution in [2.45, 2.75) is 27.7 Å². The Labute approximate surface area is 147 Å². The lowest BCUT2D eigenvalue weighted by molar-refractivity contribution is -0.114. The molecule has 0 unspecified atom stereocenters. The highest BCUT2D eigenvalue weighted by molar-refractivity contribution is 7.14. The molecule has 2 N–H and O–H groups in total. The van der Waals surface area contributed by atoms with Gasteiger partial charge >= 0.3 is 5.97 Å². The molecule has 25 heavy (non-hydrogen) atoms. The second-order valence-electron chi connectivity index (χ2n) is 5.40. The number of amides is 1. The lowest BCUT2D eigenvalue weighted by atomic mass is 10.1. The Bertz CT molecular complexity index is 865. The highest BCUT2D eigenvalue weighted by atomic mass is 32.1. The van der Waals surface area contributed by atoms with E-state index in [0.717, 1.165) is 11.3 Å². The van der Waals surface area contributed by atoms with Gasteiger partial charge < -0.3 is 15.0 Å². The standard InChI is InChI=1S/C16H17N3O5S/c1-7-13(9(3)20)8(2)17-14(7)12(22)5-24-15(23)11-6-25-16(19-11)18-10(4)21/h6,17H,5H2,1-4H3,(H,18,19,21). The number of nitrogens with one attached hydrogen (secondary N) is 2. The van der Waals surface area contributed by atoms with Gasteiger partial charge in [-0.15, -0.1) is 11.3 Å². The first-order valence-corrected chi connectivity index (χ1v) is 8.22.